The summed E-state index contributed by atoms with van der Waals surface area (Å²) in [5, 5.41) is 19.4. The summed E-state index contributed by atoms with van der Waals surface area (Å²) in [5.74, 6) is 0.0967. The highest BCUT2D eigenvalue weighted by Gasteiger charge is 2.43. The average Bonchev–Trinajstić information content (AvgIpc) is 2.57. The average molecular weight is 262 g/mol. The maximum absolute atomic E-state index is 11.5. The lowest BCUT2D eigenvalue weighted by molar-refractivity contribution is -0.0342. The molecule has 8 heteroatoms. The Hall–Kier alpha value is -1.15. The fraction of sp³-hybridized carbons (Fsp3) is 0.556. The summed E-state index contributed by atoms with van der Waals surface area (Å²) in [7, 11) is 0. The van der Waals surface area contributed by atoms with E-state index in [0.29, 0.717) is 0 Å². The summed E-state index contributed by atoms with van der Waals surface area (Å²) < 4.78 is 6.36. The molecule has 1 aliphatic heterocycles. The SMILES string of the molecule is Nc1ccn([C@@H]2O[C@H](CCl)[C@@H](O)[C@@H]2O)c(=O)n1. The van der Waals surface area contributed by atoms with Gasteiger partial charge in [0.1, 0.15) is 24.1 Å². The van der Waals surface area contributed by atoms with Crippen molar-refractivity contribution in [3.05, 3.63) is 22.7 Å². The van der Waals surface area contributed by atoms with E-state index in [4.69, 9.17) is 22.1 Å². The van der Waals surface area contributed by atoms with Gasteiger partial charge in [0.05, 0.1) is 5.88 Å². The Morgan fingerprint density at radius 3 is 2.76 bits per heavy atom. The van der Waals surface area contributed by atoms with Gasteiger partial charge in [-0.1, -0.05) is 0 Å². The second-order valence-corrected chi connectivity index (χ2v) is 4.05. The van der Waals surface area contributed by atoms with Gasteiger partial charge in [-0.25, -0.2) is 4.79 Å². The lowest BCUT2D eigenvalue weighted by atomic mass is 10.1. The third kappa shape index (κ3) is 2.14. The molecular weight excluding hydrogens is 250 g/mol. The Labute approximate surface area is 101 Å². The minimum atomic E-state index is -1.23. The second kappa shape index (κ2) is 4.61. The van der Waals surface area contributed by atoms with Crippen LogP contribution in [0.15, 0.2) is 17.1 Å². The van der Waals surface area contributed by atoms with E-state index in [2.05, 4.69) is 4.98 Å². The van der Waals surface area contributed by atoms with Crippen LogP contribution in [-0.2, 0) is 4.74 Å². The summed E-state index contributed by atoms with van der Waals surface area (Å²) >= 11 is 5.57. The molecule has 1 saturated heterocycles. The van der Waals surface area contributed by atoms with Crippen LogP contribution < -0.4 is 11.4 Å². The van der Waals surface area contributed by atoms with Crippen molar-refractivity contribution in [2.75, 3.05) is 11.6 Å². The van der Waals surface area contributed by atoms with Gasteiger partial charge in [-0.15, -0.1) is 11.6 Å². The molecule has 0 unspecified atom stereocenters. The highest BCUT2D eigenvalue weighted by atomic mass is 35.5. The minimum absolute atomic E-state index is 0.0197. The van der Waals surface area contributed by atoms with Crippen molar-refractivity contribution in [3.8, 4) is 0 Å². The number of anilines is 1. The molecule has 1 fully saturated rings. The van der Waals surface area contributed by atoms with Crippen LogP contribution in [0.3, 0.4) is 0 Å². The Morgan fingerprint density at radius 1 is 1.53 bits per heavy atom. The van der Waals surface area contributed by atoms with E-state index in [9.17, 15) is 15.0 Å². The van der Waals surface area contributed by atoms with E-state index in [1.807, 2.05) is 0 Å². The molecule has 0 amide bonds. The highest BCUT2D eigenvalue weighted by Crippen LogP contribution is 2.28. The molecule has 0 spiro atoms. The predicted octanol–water partition coefficient (Wildman–Crippen LogP) is -1.32. The number of halogens is 1. The molecule has 17 heavy (non-hydrogen) atoms. The monoisotopic (exact) mass is 261 g/mol. The first kappa shape index (κ1) is 12.3. The molecular formula is C9H12ClN3O4. The van der Waals surface area contributed by atoms with Gasteiger partial charge < -0.3 is 20.7 Å². The molecule has 94 valence electrons. The first-order chi connectivity index (χ1) is 8.04. The lowest BCUT2D eigenvalue weighted by Crippen LogP contribution is -2.35. The quantitative estimate of drug-likeness (QED) is 0.570. The number of rotatable bonds is 2. The first-order valence-electron chi connectivity index (χ1n) is 4.97. The zero-order chi connectivity index (χ0) is 12.6. The number of nitrogens with zero attached hydrogens (tertiary/aromatic N) is 2. The fourth-order valence-corrected chi connectivity index (χ4v) is 1.96. The smallest absolute Gasteiger partial charge is 0.351 e. The molecule has 0 saturated carbocycles. The van der Waals surface area contributed by atoms with Gasteiger partial charge >= 0.3 is 5.69 Å². The number of aliphatic hydroxyl groups excluding tert-OH is 2. The maximum Gasteiger partial charge on any atom is 0.351 e. The molecule has 0 aliphatic carbocycles. The van der Waals surface area contributed by atoms with Crippen molar-refractivity contribution in [2.24, 2.45) is 0 Å². The zero-order valence-electron chi connectivity index (χ0n) is 8.73. The number of aliphatic hydroxyl groups is 2. The molecule has 2 heterocycles. The van der Waals surface area contributed by atoms with E-state index in [1.165, 1.54) is 12.3 Å². The number of nitrogens with two attached hydrogens (primary N) is 1. The standard InChI is InChI=1S/C9H12ClN3O4/c10-3-4-6(14)7(15)8(17-4)13-2-1-5(11)12-9(13)16/h1-2,4,6-8,14-15H,3H2,(H2,11,12,16)/t4-,6-,7+,8-/m1/s1. The van der Waals surface area contributed by atoms with Crippen molar-refractivity contribution >= 4 is 17.4 Å². The Bertz CT molecular complexity index is 466. The second-order valence-electron chi connectivity index (χ2n) is 3.74. The molecule has 0 bridgehead atoms. The summed E-state index contributed by atoms with van der Waals surface area (Å²) in [6.45, 7) is 0. The zero-order valence-corrected chi connectivity index (χ0v) is 9.49. The van der Waals surface area contributed by atoms with E-state index in [0.717, 1.165) is 4.57 Å². The number of hydrogen-bond acceptors (Lipinski definition) is 6. The molecule has 7 nitrogen and oxygen atoms in total. The van der Waals surface area contributed by atoms with Gasteiger partial charge in [-0.3, -0.25) is 4.57 Å². The largest absolute Gasteiger partial charge is 0.387 e. The third-order valence-electron chi connectivity index (χ3n) is 2.61. The van der Waals surface area contributed by atoms with Gasteiger partial charge in [0.2, 0.25) is 0 Å². The van der Waals surface area contributed by atoms with Crippen LogP contribution in [0, 0.1) is 0 Å². The van der Waals surface area contributed by atoms with E-state index in [-0.39, 0.29) is 11.7 Å². The van der Waals surface area contributed by atoms with E-state index < -0.39 is 30.2 Å². The van der Waals surface area contributed by atoms with E-state index in [1.54, 1.807) is 0 Å². The number of aromatic nitrogens is 2. The normalized spacial score (nSPS) is 32.9. The molecule has 2 rings (SSSR count). The Morgan fingerprint density at radius 2 is 2.24 bits per heavy atom. The summed E-state index contributed by atoms with van der Waals surface area (Å²) in [6, 6.07) is 1.40. The third-order valence-corrected chi connectivity index (χ3v) is 2.92. The van der Waals surface area contributed by atoms with Crippen molar-refractivity contribution in [1.29, 1.82) is 0 Å². The lowest BCUT2D eigenvalue weighted by Gasteiger charge is -2.16. The first-order valence-corrected chi connectivity index (χ1v) is 5.50. The summed E-state index contributed by atoms with van der Waals surface area (Å²) in [4.78, 5) is 15.0. The van der Waals surface area contributed by atoms with Crippen LogP contribution in [0.25, 0.3) is 0 Å². The van der Waals surface area contributed by atoms with Crippen LogP contribution in [0.2, 0.25) is 0 Å². The van der Waals surface area contributed by atoms with Crippen LogP contribution in [0.1, 0.15) is 6.23 Å². The summed E-state index contributed by atoms with van der Waals surface area (Å²) in [6.07, 6.45) is -2.75. The van der Waals surface area contributed by atoms with Gasteiger partial charge in [-0.2, -0.15) is 4.98 Å². The van der Waals surface area contributed by atoms with Crippen molar-refractivity contribution in [2.45, 2.75) is 24.5 Å². The van der Waals surface area contributed by atoms with Crippen molar-refractivity contribution in [3.63, 3.8) is 0 Å². The van der Waals surface area contributed by atoms with Crippen LogP contribution in [0.4, 0.5) is 5.82 Å². The molecule has 0 aromatic carbocycles. The van der Waals surface area contributed by atoms with Crippen LogP contribution in [-0.4, -0.2) is 44.0 Å². The topological polar surface area (TPSA) is 111 Å². The van der Waals surface area contributed by atoms with Gasteiger partial charge in [0.25, 0.3) is 0 Å². The number of hydrogen-bond donors (Lipinski definition) is 3. The number of nitrogen functional groups attached to an aromatic ring is 1. The van der Waals surface area contributed by atoms with Gasteiger partial charge in [-0.05, 0) is 6.07 Å². The molecule has 1 aromatic heterocycles. The van der Waals surface area contributed by atoms with Crippen LogP contribution in [0.5, 0.6) is 0 Å². The molecule has 4 N–H and O–H groups in total. The Balaban J connectivity index is 2.32. The highest BCUT2D eigenvalue weighted by molar-refractivity contribution is 6.18. The van der Waals surface area contributed by atoms with Gasteiger partial charge in [0.15, 0.2) is 6.23 Å². The fourth-order valence-electron chi connectivity index (χ4n) is 1.71. The summed E-state index contributed by atoms with van der Waals surface area (Å²) in [5.41, 5.74) is 4.69. The molecule has 4 atom stereocenters. The van der Waals surface area contributed by atoms with E-state index >= 15 is 0 Å². The molecule has 0 radical (unpaired) electrons. The maximum atomic E-state index is 11.5. The van der Waals surface area contributed by atoms with Gasteiger partial charge in [0, 0.05) is 6.20 Å². The van der Waals surface area contributed by atoms with Crippen molar-refractivity contribution in [1.82, 2.24) is 9.55 Å². The minimum Gasteiger partial charge on any atom is -0.387 e. The molecule has 1 aromatic rings. The number of alkyl halides is 1. The number of ether oxygens (including phenoxy) is 1. The Kier molecular flexibility index (Phi) is 3.34. The van der Waals surface area contributed by atoms with Crippen LogP contribution >= 0.6 is 11.6 Å². The molecule has 1 aliphatic rings. The predicted molar refractivity (Wildman–Crippen MR) is 59.6 cm³/mol. The van der Waals surface area contributed by atoms with Crippen molar-refractivity contribution < 1.29 is 14.9 Å².